The molecular formula is C21H15BrN2O2. The van der Waals surface area contributed by atoms with Gasteiger partial charge in [0.05, 0.1) is 0 Å². The topological polar surface area (TPSA) is 55.1 Å². The van der Waals surface area contributed by atoms with Gasteiger partial charge in [-0.2, -0.15) is 0 Å². The van der Waals surface area contributed by atoms with E-state index >= 15 is 0 Å². The van der Waals surface area contributed by atoms with Crippen LogP contribution in [-0.2, 0) is 0 Å². The monoisotopic (exact) mass is 406 g/mol. The summed E-state index contributed by atoms with van der Waals surface area (Å²) in [6.07, 6.45) is 0. The number of nitrogens with one attached hydrogen (secondary N) is 1. The summed E-state index contributed by atoms with van der Waals surface area (Å²) in [5.74, 6) is 0.263. The van der Waals surface area contributed by atoms with Gasteiger partial charge in [-0.15, -0.1) is 0 Å². The van der Waals surface area contributed by atoms with Crippen LogP contribution in [0.3, 0.4) is 0 Å². The first-order chi connectivity index (χ1) is 12.6. The van der Waals surface area contributed by atoms with Crippen LogP contribution in [0.2, 0.25) is 0 Å². The first-order valence-electron chi connectivity index (χ1n) is 8.13. The molecule has 0 aliphatic rings. The molecule has 1 N–H and O–H groups in total. The van der Waals surface area contributed by atoms with Crippen LogP contribution in [0.25, 0.3) is 22.1 Å². The molecule has 4 nitrogen and oxygen atoms in total. The number of aryl methyl sites for hydroxylation is 1. The quantitative estimate of drug-likeness (QED) is 0.466. The van der Waals surface area contributed by atoms with Gasteiger partial charge < -0.3 is 9.84 Å². The molecule has 4 aromatic rings. The van der Waals surface area contributed by atoms with Gasteiger partial charge in [0, 0.05) is 21.8 Å². The lowest BCUT2D eigenvalue weighted by molar-refractivity contribution is 0.101. The van der Waals surface area contributed by atoms with Crippen LogP contribution < -0.4 is 5.32 Å². The number of halogens is 1. The first-order valence-corrected chi connectivity index (χ1v) is 8.93. The number of amides is 1. The normalized spacial score (nSPS) is 10.8. The Hall–Kier alpha value is -2.92. The molecule has 3 aromatic carbocycles. The van der Waals surface area contributed by atoms with Crippen LogP contribution >= 0.6 is 15.9 Å². The Balaban J connectivity index is 1.56. The summed E-state index contributed by atoms with van der Waals surface area (Å²) in [5, 5.41) is 8.89. The van der Waals surface area contributed by atoms with Crippen molar-refractivity contribution < 1.29 is 9.32 Å². The Kier molecular flexibility index (Phi) is 4.31. The summed E-state index contributed by atoms with van der Waals surface area (Å²) in [7, 11) is 0. The van der Waals surface area contributed by atoms with Crippen LogP contribution in [0.5, 0.6) is 0 Å². The van der Waals surface area contributed by atoms with Gasteiger partial charge >= 0.3 is 0 Å². The van der Waals surface area contributed by atoms with Crippen molar-refractivity contribution in [2.75, 3.05) is 5.32 Å². The lowest BCUT2D eigenvalue weighted by Gasteiger charge is -2.06. The standard InChI is InChI=1S/C21H15BrN2O2/c1-13-5-7-14(8-6-13)20-12-19(24-26-20)21(25)23-16-9-10-17-15(11-16)3-2-4-18(17)22/h2-12H,1H3,(H,23,25). The second-order valence-corrected chi connectivity index (χ2v) is 6.93. The minimum Gasteiger partial charge on any atom is -0.355 e. The number of fused-ring (bicyclic) bond motifs is 1. The van der Waals surface area contributed by atoms with Crippen LogP contribution in [0.4, 0.5) is 5.69 Å². The van der Waals surface area contributed by atoms with Gasteiger partial charge in [-0.3, -0.25) is 4.79 Å². The van der Waals surface area contributed by atoms with E-state index < -0.39 is 0 Å². The van der Waals surface area contributed by atoms with Crippen molar-refractivity contribution in [3.8, 4) is 11.3 Å². The molecule has 5 heteroatoms. The van der Waals surface area contributed by atoms with Gasteiger partial charge in [0.2, 0.25) is 0 Å². The summed E-state index contributed by atoms with van der Waals surface area (Å²) in [5.41, 5.74) is 3.00. The fourth-order valence-corrected chi connectivity index (χ4v) is 3.27. The Bertz CT molecular complexity index is 1100. The molecule has 0 saturated heterocycles. The summed E-state index contributed by atoms with van der Waals surface area (Å²) in [6.45, 7) is 2.02. The predicted molar refractivity (Wildman–Crippen MR) is 106 cm³/mol. The maximum absolute atomic E-state index is 12.5. The molecule has 1 heterocycles. The van der Waals surface area contributed by atoms with E-state index in [0.717, 1.165) is 26.4 Å². The van der Waals surface area contributed by atoms with Crippen molar-refractivity contribution in [2.45, 2.75) is 6.92 Å². The van der Waals surface area contributed by atoms with Gasteiger partial charge in [-0.1, -0.05) is 69.1 Å². The van der Waals surface area contributed by atoms with Gasteiger partial charge in [-0.25, -0.2) is 0 Å². The maximum atomic E-state index is 12.5. The van der Waals surface area contributed by atoms with E-state index in [9.17, 15) is 4.79 Å². The summed E-state index contributed by atoms with van der Waals surface area (Å²) >= 11 is 3.53. The van der Waals surface area contributed by atoms with Crippen LogP contribution in [0, 0.1) is 6.92 Å². The third-order valence-corrected chi connectivity index (χ3v) is 4.86. The highest BCUT2D eigenvalue weighted by Gasteiger charge is 2.14. The van der Waals surface area contributed by atoms with Crippen LogP contribution in [0.1, 0.15) is 16.1 Å². The number of carbonyl (C=O) groups is 1. The SMILES string of the molecule is Cc1ccc(-c2cc(C(=O)Nc3ccc4c(Br)cccc4c3)no2)cc1. The van der Waals surface area contributed by atoms with E-state index in [0.29, 0.717) is 11.4 Å². The lowest BCUT2D eigenvalue weighted by atomic mass is 10.1. The van der Waals surface area contributed by atoms with E-state index in [-0.39, 0.29) is 11.6 Å². The number of nitrogens with zero attached hydrogens (tertiary/aromatic N) is 1. The molecule has 1 amide bonds. The van der Waals surface area contributed by atoms with Crippen LogP contribution in [0.15, 0.2) is 75.7 Å². The molecule has 0 fully saturated rings. The number of rotatable bonds is 3. The molecule has 0 unspecified atom stereocenters. The minimum atomic E-state index is -0.304. The molecular weight excluding hydrogens is 392 g/mol. The molecule has 128 valence electrons. The van der Waals surface area contributed by atoms with Crippen LogP contribution in [-0.4, -0.2) is 11.1 Å². The third-order valence-electron chi connectivity index (χ3n) is 4.16. The van der Waals surface area contributed by atoms with Gasteiger partial charge in [0.1, 0.15) is 0 Å². The molecule has 4 rings (SSSR count). The molecule has 0 bridgehead atoms. The Labute approximate surface area is 159 Å². The zero-order valence-corrected chi connectivity index (χ0v) is 15.6. The van der Waals surface area contributed by atoms with Crippen molar-refractivity contribution in [3.63, 3.8) is 0 Å². The van der Waals surface area contributed by atoms with E-state index in [4.69, 9.17) is 4.52 Å². The largest absolute Gasteiger partial charge is 0.355 e. The number of anilines is 1. The lowest BCUT2D eigenvalue weighted by Crippen LogP contribution is -2.12. The minimum absolute atomic E-state index is 0.245. The Morgan fingerprint density at radius 1 is 1.04 bits per heavy atom. The second kappa shape index (κ2) is 6.77. The second-order valence-electron chi connectivity index (χ2n) is 6.07. The zero-order valence-electron chi connectivity index (χ0n) is 14.0. The fraction of sp³-hybridized carbons (Fsp3) is 0.0476. The van der Waals surface area contributed by atoms with Crippen molar-refractivity contribution >= 4 is 38.3 Å². The highest BCUT2D eigenvalue weighted by atomic mass is 79.9. The number of hydrogen-bond donors (Lipinski definition) is 1. The molecule has 0 atom stereocenters. The van der Waals surface area contributed by atoms with Gasteiger partial charge in [0.25, 0.3) is 5.91 Å². The number of hydrogen-bond acceptors (Lipinski definition) is 3. The smallest absolute Gasteiger partial charge is 0.277 e. The number of aromatic nitrogens is 1. The molecule has 1 aromatic heterocycles. The van der Waals surface area contributed by atoms with E-state index in [2.05, 4.69) is 26.4 Å². The van der Waals surface area contributed by atoms with E-state index in [1.807, 2.05) is 67.6 Å². The van der Waals surface area contributed by atoms with Crippen molar-refractivity contribution in [2.24, 2.45) is 0 Å². The highest BCUT2D eigenvalue weighted by Crippen LogP contribution is 2.27. The third kappa shape index (κ3) is 3.26. The maximum Gasteiger partial charge on any atom is 0.277 e. The zero-order chi connectivity index (χ0) is 18.1. The molecule has 0 spiro atoms. The van der Waals surface area contributed by atoms with E-state index in [1.54, 1.807) is 6.07 Å². The average Bonchev–Trinajstić information content (AvgIpc) is 3.13. The average molecular weight is 407 g/mol. The van der Waals surface area contributed by atoms with Gasteiger partial charge in [-0.05, 0) is 35.9 Å². The van der Waals surface area contributed by atoms with E-state index in [1.165, 1.54) is 0 Å². The summed E-state index contributed by atoms with van der Waals surface area (Å²) in [6, 6.07) is 21.2. The summed E-state index contributed by atoms with van der Waals surface area (Å²) < 4.78 is 6.34. The molecule has 0 radical (unpaired) electrons. The molecule has 0 saturated carbocycles. The number of benzene rings is 3. The Morgan fingerprint density at radius 2 is 1.85 bits per heavy atom. The molecule has 26 heavy (non-hydrogen) atoms. The van der Waals surface area contributed by atoms with Crippen molar-refractivity contribution in [3.05, 3.63) is 82.5 Å². The van der Waals surface area contributed by atoms with Crippen molar-refractivity contribution in [1.82, 2.24) is 5.16 Å². The summed E-state index contributed by atoms with van der Waals surface area (Å²) in [4.78, 5) is 12.5. The number of carbonyl (C=O) groups excluding carboxylic acids is 1. The Morgan fingerprint density at radius 3 is 2.65 bits per heavy atom. The molecule has 0 aliphatic heterocycles. The fourth-order valence-electron chi connectivity index (χ4n) is 2.75. The predicted octanol–water partition coefficient (Wildman–Crippen LogP) is 5.82. The highest BCUT2D eigenvalue weighted by molar-refractivity contribution is 9.10. The molecule has 0 aliphatic carbocycles. The van der Waals surface area contributed by atoms with Gasteiger partial charge in [0.15, 0.2) is 11.5 Å². The van der Waals surface area contributed by atoms with Crippen molar-refractivity contribution in [1.29, 1.82) is 0 Å². The first kappa shape index (κ1) is 16.5.